The molecule has 0 spiro atoms. The second-order valence-corrected chi connectivity index (χ2v) is 4.14. The second-order valence-electron chi connectivity index (χ2n) is 4.14. The minimum atomic E-state index is -0.518. The van der Waals surface area contributed by atoms with Gasteiger partial charge in [0.2, 0.25) is 0 Å². The lowest BCUT2D eigenvalue weighted by molar-refractivity contribution is 0.706. The Bertz CT molecular complexity index is 696. The summed E-state index contributed by atoms with van der Waals surface area (Å²) in [6.07, 6.45) is 3.51. The van der Waals surface area contributed by atoms with Gasteiger partial charge in [0.1, 0.15) is 11.5 Å². The van der Waals surface area contributed by atoms with Crippen molar-refractivity contribution in [3.05, 3.63) is 38.8 Å². The first-order valence-corrected chi connectivity index (χ1v) is 5.87. The number of anilines is 2. The van der Waals surface area contributed by atoms with E-state index in [-0.39, 0.29) is 11.5 Å². The summed E-state index contributed by atoms with van der Waals surface area (Å²) in [7, 11) is 1.81. The average molecular weight is 264 g/mol. The van der Waals surface area contributed by atoms with Crippen molar-refractivity contribution in [1.82, 2.24) is 19.3 Å². The summed E-state index contributed by atoms with van der Waals surface area (Å²) in [4.78, 5) is 25.5. The predicted molar refractivity (Wildman–Crippen MR) is 71.9 cm³/mol. The molecule has 0 aliphatic rings. The van der Waals surface area contributed by atoms with Crippen LogP contribution >= 0.6 is 0 Å². The van der Waals surface area contributed by atoms with Gasteiger partial charge in [-0.3, -0.25) is 19.0 Å². The molecule has 2 aromatic heterocycles. The topological polar surface area (TPSA) is 111 Å². The van der Waals surface area contributed by atoms with E-state index in [1.165, 1.54) is 4.57 Å². The molecular weight excluding hydrogens is 248 g/mol. The third-order valence-corrected chi connectivity index (χ3v) is 2.78. The molecule has 0 fully saturated rings. The van der Waals surface area contributed by atoms with Gasteiger partial charge in [0.15, 0.2) is 0 Å². The molecule has 2 aromatic rings. The van der Waals surface area contributed by atoms with Crippen molar-refractivity contribution in [2.24, 2.45) is 7.05 Å². The Morgan fingerprint density at radius 2 is 2.21 bits per heavy atom. The lowest BCUT2D eigenvalue weighted by Crippen LogP contribution is -2.33. The van der Waals surface area contributed by atoms with E-state index in [1.54, 1.807) is 17.8 Å². The zero-order valence-electron chi connectivity index (χ0n) is 10.8. The average Bonchev–Trinajstić information content (AvgIpc) is 2.75. The van der Waals surface area contributed by atoms with E-state index in [9.17, 15) is 9.59 Å². The SMILES string of the molecule is CCn1c(N)c(NCc2cnn(C)c2)c(=O)[nH]c1=O. The van der Waals surface area contributed by atoms with Crippen LogP contribution in [0.5, 0.6) is 0 Å². The molecule has 0 bridgehead atoms. The van der Waals surface area contributed by atoms with E-state index >= 15 is 0 Å². The standard InChI is InChI=1S/C11H16N6O2/c1-3-17-9(12)8(10(18)15-11(17)19)13-4-7-5-14-16(2)6-7/h5-6,13H,3-4,12H2,1-2H3,(H,15,18,19). The Balaban J connectivity index is 2.30. The number of aromatic amines is 1. The molecule has 0 aliphatic carbocycles. The van der Waals surface area contributed by atoms with Gasteiger partial charge in [-0.25, -0.2) is 4.79 Å². The summed E-state index contributed by atoms with van der Waals surface area (Å²) >= 11 is 0. The van der Waals surface area contributed by atoms with Crippen molar-refractivity contribution in [2.75, 3.05) is 11.1 Å². The van der Waals surface area contributed by atoms with Crippen molar-refractivity contribution in [3.63, 3.8) is 0 Å². The summed E-state index contributed by atoms with van der Waals surface area (Å²) in [5, 5.41) is 6.96. The van der Waals surface area contributed by atoms with Gasteiger partial charge >= 0.3 is 5.69 Å². The van der Waals surface area contributed by atoms with Gasteiger partial charge in [-0.1, -0.05) is 0 Å². The third-order valence-electron chi connectivity index (χ3n) is 2.78. The van der Waals surface area contributed by atoms with Crippen LogP contribution in [0.1, 0.15) is 12.5 Å². The van der Waals surface area contributed by atoms with Crippen molar-refractivity contribution < 1.29 is 0 Å². The fourth-order valence-corrected chi connectivity index (χ4v) is 1.83. The highest BCUT2D eigenvalue weighted by molar-refractivity contribution is 5.60. The molecule has 0 aliphatic heterocycles. The van der Waals surface area contributed by atoms with Crippen LogP contribution in [-0.2, 0) is 20.1 Å². The lowest BCUT2D eigenvalue weighted by Gasteiger charge is -2.11. The number of nitrogens with one attached hydrogen (secondary N) is 2. The molecule has 0 atom stereocenters. The monoisotopic (exact) mass is 264 g/mol. The van der Waals surface area contributed by atoms with Crippen molar-refractivity contribution in [3.8, 4) is 0 Å². The number of nitrogens with two attached hydrogens (primary N) is 1. The van der Waals surface area contributed by atoms with E-state index in [2.05, 4.69) is 15.4 Å². The van der Waals surface area contributed by atoms with Crippen molar-refractivity contribution >= 4 is 11.5 Å². The number of nitrogen functional groups attached to an aromatic ring is 1. The molecule has 4 N–H and O–H groups in total. The van der Waals surface area contributed by atoms with Crippen molar-refractivity contribution in [2.45, 2.75) is 20.0 Å². The van der Waals surface area contributed by atoms with Crippen LogP contribution in [0.2, 0.25) is 0 Å². The first-order chi connectivity index (χ1) is 9.02. The fourth-order valence-electron chi connectivity index (χ4n) is 1.83. The fraction of sp³-hybridized carbons (Fsp3) is 0.364. The van der Waals surface area contributed by atoms with E-state index in [1.807, 2.05) is 13.2 Å². The normalized spacial score (nSPS) is 10.6. The predicted octanol–water partition coefficient (Wildman–Crippen LogP) is -0.516. The maximum absolute atomic E-state index is 11.7. The van der Waals surface area contributed by atoms with E-state index in [0.29, 0.717) is 13.1 Å². The largest absolute Gasteiger partial charge is 0.383 e. The second kappa shape index (κ2) is 5.01. The molecule has 2 rings (SSSR count). The Kier molecular flexibility index (Phi) is 3.41. The van der Waals surface area contributed by atoms with Crippen LogP contribution in [0, 0.1) is 0 Å². The van der Waals surface area contributed by atoms with E-state index in [4.69, 9.17) is 5.73 Å². The van der Waals surface area contributed by atoms with Gasteiger partial charge in [-0.05, 0) is 6.92 Å². The molecule has 8 heteroatoms. The first kappa shape index (κ1) is 12.9. The van der Waals surface area contributed by atoms with Gasteiger partial charge in [0.25, 0.3) is 5.56 Å². The highest BCUT2D eigenvalue weighted by Crippen LogP contribution is 2.11. The molecule has 8 nitrogen and oxygen atoms in total. The smallest absolute Gasteiger partial charge is 0.330 e. The van der Waals surface area contributed by atoms with Crippen LogP contribution in [0.25, 0.3) is 0 Å². The van der Waals surface area contributed by atoms with Gasteiger partial charge < -0.3 is 11.1 Å². The number of aromatic nitrogens is 4. The molecular formula is C11H16N6O2. The molecule has 19 heavy (non-hydrogen) atoms. The maximum atomic E-state index is 11.7. The first-order valence-electron chi connectivity index (χ1n) is 5.87. The zero-order valence-corrected chi connectivity index (χ0v) is 10.8. The summed E-state index contributed by atoms with van der Waals surface area (Å²) in [5.41, 5.74) is 5.92. The molecule has 0 radical (unpaired) electrons. The van der Waals surface area contributed by atoms with Crippen LogP contribution in [0.15, 0.2) is 22.0 Å². The molecule has 102 valence electrons. The Hall–Kier alpha value is -2.51. The third kappa shape index (κ3) is 2.51. The van der Waals surface area contributed by atoms with Crippen LogP contribution in [-0.4, -0.2) is 19.3 Å². The number of nitrogens with zero attached hydrogens (tertiary/aromatic N) is 3. The summed E-state index contributed by atoms with van der Waals surface area (Å²) in [6.45, 7) is 2.58. The number of aryl methyl sites for hydroxylation is 1. The van der Waals surface area contributed by atoms with Crippen LogP contribution in [0.4, 0.5) is 11.5 Å². The zero-order chi connectivity index (χ0) is 14.0. The molecule has 0 saturated carbocycles. The summed E-state index contributed by atoms with van der Waals surface area (Å²) in [5.74, 6) is 0.139. The Morgan fingerprint density at radius 1 is 1.47 bits per heavy atom. The lowest BCUT2D eigenvalue weighted by atomic mass is 10.3. The Morgan fingerprint density at radius 3 is 2.79 bits per heavy atom. The van der Waals surface area contributed by atoms with E-state index in [0.717, 1.165) is 5.56 Å². The van der Waals surface area contributed by atoms with Gasteiger partial charge in [-0.15, -0.1) is 0 Å². The van der Waals surface area contributed by atoms with Crippen LogP contribution in [0.3, 0.4) is 0 Å². The van der Waals surface area contributed by atoms with Gasteiger partial charge in [0, 0.05) is 31.9 Å². The Labute approximate surface area is 108 Å². The quantitative estimate of drug-likeness (QED) is 0.688. The summed E-state index contributed by atoms with van der Waals surface area (Å²) in [6, 6.07) is 0. The van der Waals surface area contributed by atoms with E-state index < -0.39 is 11.2 Å². The van der Waals surface area contributed by atoms with Crippen molar-refractivity contribution in [1.29, 1.82) is 0 Å². The molecule has 2 heterocycles. The molecule has 0 unspecified atom stereocenters. The highest BCUT2D eigenvalue weighted by atomic mass is 16.2. The van der Waals surface area contributed by atoms with Crippen LogP contribution < -0.4 is 22.3 Å². The number of hydrogen-bond donors (Lipinski definition) is 3. The number of rotatable bonds is 4. The molecule has 0 aromatic carbocycles. The minimum Gasteiger partial charge on any atom is -0.383 e. The summed E-state index contributed by atoms with van der Waals surface area (Å²) < 4.78 is 2.96. The molecule has 0 amide bonds. The number of H-pyrrole nitrogens is 1. The molecule has 0 saturated heterocycles. The number of hydrogen-bond acceptors (Lipinski definition) is 5. The maximum Gasteiger partial charge on any atom is 0.330 e. The minimum absolute atomic E-state index is 0.139. The van der Waals surface area contributed by atoms with Gasteiger partial charge in [-0.2, -0.15) is 5.10 Å². The highest BCUT2D eigenvalue weighted by Gasteiger charge is 2.10. The van der Waals surface area contributed by atoms with Gasteiger partial charge in [0.05, 0.1) is 6.20 Å².